The van der Waals surface area contributed by atoms with Crippen molar-refractivity contribution in [3.05, 3.63) is 115 Å². The minimum absolute atomic E-state index is 0.0920. The first-order valence-electron chi connectivity index (χ1n) is 13.9. The Labute approximate surface area is 256 Å². The molecule has 1 N–H and O–H groups in total. The molecule has 10 nitrogen and oxygen atoms in total. The number of nitrogens with zero attached hydrogens (tertiary/aromatic N) is 3. The first kappa shape index (κ1) is 28.9. The van der Waals surface area contributed by atoms with E-state index in [9.17, 15) is 14.4 Å². The van der Waals surface area contributed by atoms with Gasteiger partial charge in [-0.15, -0.1) is 0 Å². The first-order chi connectivity index (χ1) is 21.3. The third kappa shape index (κ3) is 5.26. The fourth-order valence-electron chi connectivity index (χ4n) is 5.58. The van der Waals surface area contributed by atoms with E-state index in [0.717, 1.165) is 16.5 Å². The van der Waals surface area contributed by atoms with Crippen molar-refractivity contribution in [2.75, 3.05) is 14.2 Å². The highest BCUT2D eigenvalue weighted by Gasteiger charge is 2.32. The molecule has 0 radical (unpaired) electrons. The van der Waals surface area contributed by atoms with Crippen molar-refractivity contribution in [3.8, 4) is 11.5 Å². The van der Waals surface area contributed by atoms with E-state index in [1.54, 1.807) is 56.2 Å². The minimum atomic E-state index is -0.731. The van der Waals surface area contributed by atoms with Crippen molar-refractivity contribution < 1.29 is 23.5 Å². The van der Waals surface area contributed by atoms with Gasteiger partial charge >= 0.3 is 0 Å². The Morgan fingerprint density at radius 1 is 1.11 bits per heavy atom. The quantitative estimate of drug-likeness (QED) is 0.272. The van der Waals surface area contributed by atoms with Crippen molar-refractivity contribution in [2.24, 2.45) is 4.99 Å². The van der Waals surface area contributed by atoms with Crippen molar-refractivity contribution in [3.63, 3.8) is 0 Å². The number of Topliss-reactive ketones (excluding diaryl/α,β-unsaturated/α-hetero) is 1. The van der Waals surface area contributed by atoms with Gasteiger partial charge in [0.15, 0.2) is 10.6 Å². The summed E-state index contributed by atoms with van der Waals surface area (Å²) in [5, 5.41) is 3.77. The lowest BCUT2D eigenvalue weighted by atomic mass is 9.92. The zero-order valence-electron chi connectivity index (χ0n) is 24.6. The Hall–Kier alpha value is -5.16. The summed E-state index contributed by atoms with van der Waals surface area (Å²) in [5.41, 5.74) is 2.98. The number of methoxy groups -OCH3 is 2. The molecule has 1 amide bonds. The maximum atomic E-state index is 14.1. The standard InChI is InChI=1S/C33H30N4O6S/c1-19-30(20(2)38)31(25-12-11-22(41-3)15-27(25)42-4)37-32(40)28(44-33(37)35-19)14-21-17-36(26-10-6-5-9-24(21)26)18-29(39)34-16-23-8-7-13-43-23/h5-15,17,31H,16,18H2,1-4H3,(H,34,39)/b28-14-. The van der Waals surface area contributed by atoms with Crippen LogP contribution in [-0.4, -0.2) is 35.0 Å². The average Bonchev–Trinajstić information content (AvgIpc) is 3.74. The fraction of sp³-hybridized carbons (Fsp3) is 0.212. The Bertz CT molecular complexity index is 2120. The van der Waals surface area contributed by atoms with E-state index in [2.05, 4.69) is 10.3 Å². The van der Waals surface area contributed by atoms with E-state index in [1.165, 1.54) is 18.3 Å². The van der Waals surface area contributed by atoms with Gasteiger partial charge in [-0.25, -0.2) is 4.99 Å². The highest BCUT2D eigenvalue weighted by atomic mass is 32.1. The minimum Gasteiger partial charge on any atom is -0.497 e. The summed E-state index contributed by atoms with van der Waals surface area (Å²) < 4.78 is 20.2. The van der Waals surface area contributed by atoms with Gasteiger partial charge in [-0.3, -0.25) is 19.0 Å². The SMILES string of the molecule is COc1ccc(C2C(C(C)=O)=C(C)N=c3s/c(=C\c4cn(CC(=O)NCc5ccco5)c5ccccc45)c(=O)n32)c(OC)c1. The molecule has 3 aromatic heterocycles. The highest BCUT2D eigenvalue weighted by Crippen LogP contribution is 2.37. The van der Waals surface area contributed by atoms with Gasteiger partial charge in [0, 0.05) is 45.6 Å². The number of hydrogen-bond donors (Lipinski definition) is 1. The van der Waals surface area contributed by atoms with Gasteiger partial charge in [0.05, 0.1) is 37.6 Å². The van der Waals surface area contributed by atoms with Gasteiger partial charge in [0.2, 0.25) is 5.91 Å². The van der Waals surface area contributed by atoms with E-state index in [4.69, 9.17) is 13.9 Å². The summed E-state index contributed by atoms with van der Waals surface area (Å²) in [6.07, 6.45) is 5.25. The van der Waals surface area contributed by atoms with Crippen molar-refractivity contribution >= 4 is 40.0 Å². The van der Waals surface area contributed by atoms with E-state index in [1.807, 2.05) is 47.2 Å². The maximum absolute atomic E-state index is 14.1. The number of thiazole rings is 1. The predicted molar refractivity (Wildman–Crippen MR) is 166 cm³/mol. The van der Waals surface area contributed by atoms with Crippen molar-refractivity contribution in [1.29, 1.82) is 0 Å². The normalized spacial score (nSPS) is 14.8. The van der Waals surface area contributed by atoms with Crippen LogP contribution < -0.4 is 29.7 Å². The van der Waals surface area contributed by atoms with Gasteiger partial charge in [-0.2, -0.15) is 0 Å². The number of hydrogen-bond acceptors (Lipinski definition) is 8. The summed E-state index contributed by atoms with van der Waals surface area (Å²) in [6.45, 7) is 3.64. The first-order valence-corrected chi connectivity index (χ1v) is 14.7. The number of amides is 1. The van der Waals surface area contributed by atoms with E-state index >= 15 is 0 Å². The molecular weight excluding hydrogens is 580 g/mol. The molecule has 11 heteroatoms. The number of ether oxygens (including phenoxy) is 2. The smallest absolute Gasteiger partial charge is 0.271 e. The Morgan fingerprint density at radius 2 is 1.93 bits per heavy atom. The van der Waals surface area contributed by atoms with E-state index in [0.29, 0.717) is 50.0 Å². The van der Waals surface area contributed by atoms with Crippen LogP contribution >= 0.6 is 11.3 Å². The number of benzene rings is 2. The molecule has 1 aliphatic heterocycles. The largest absolute Gasteiger partial charge is 0.497 e. The summed E-state index contributed by atoms with van der Waals surface area (Å²) in [5.74, 6) is 1.39. The molecular formula is C33H30N4O6S. The number of furan rings is 1. The zero-order chi connectivity index (χ0) is 31.0. The van der Waals surface area contributed by atoms with Crippen LogP contribution in [0.2, 0.25) is 0 Å². The molecule has 0 spiro atoms. The number of carbonyl (C=O) groups excluding carboxylic acids is 2. The molecule has 1 unspecified atom stereocenters. The Morgan fingerprint density at radius 3 is 2.66 bits per heavy atom. The molecule has 4 heterocycles. The number of fused-ring (bicyclic) bond motifs is 2. The monoisotopic (exact) mass is 610 g/mol. The molecule has 0 saturated carbocycles. The summed E-state index contributed by atoms with van der Waals surface area (Å²) in [7, 11) is 3.10. The number of ketones is 1. The lowest BCUT2D eigenvalue weighted by Gasteiger charge is -2.26. The van der Waals surface area contributed by atoms with E-state index in [-0.39, 0.29) is 23.8 Å². The van der Waals surface area contributed by atoms with Gasteiger partial charge < -0.3 is 23.8 Å². The van der Waals surface area contributed by atoms with Crippen molar-refractivity contribution in [1.82, 2.24) is 14.5 Å². The molecule has 0 aliphatic carbocycles. The van der Waals surface area contributed by atoms with Gasteiger partial charge in [-0.05, 0) is 50.3 Å². The van der Waals surface area contributed by atoms with Crippen LogP contribution in [0.4, 0.5) is 0 Å². The second-order valence-corrected chi connectivity index (χ2v) is 11.3. The third-order valence-electron chi connectivity index (χ3n) is 7.60. The topological polar surface area (TPSA) is 117 Å². The van der Waals surface area contributed by atoms with Crippen LogP contribution in [0, 0.1) is 0 Å². The molecule has 6 rings (SSSR count). The van der Waals surface area contributed by atoms with Crippen molar-refractivity contribution in [2.45, 2.75) is 33.0 Å². The number of carbonyl (C=O) groups is 2. The van der Waals surface area contributed by atoms with Crippen LogP contribution in [0.15, 0.2) is 92.5 Å². The maximum Gasteiger partial charge on any atom is 0.271 e. The molecule has 2 aromatic carbocycles. The molecule has 44 heavy (non-hydrogen) atoms. The van der Waals surface area contributed by atoms with E-state index < -0.39 is 6.04 Å². The summed E-state index contributed by atoms with van der Waals surface area (Å²) in [6, 6.07) is 15.9. The number of nitrogens with one attached hydrogen (secondary N) is 1. The lowest BCUT2D eigenvalue weighted by molar-refractivity contribution is -0.121. The molecule has 0 saturated heterocycles. The molecule has 5 aromatic rings. The zero-order valence-corrected chi connectivity index (χ0v) is 25.4. The molecule has 1 aliphatic rings. The second kappa shape index (κ2) is 11.8. The fourth-order valence-corrected chi connectivity index (χ4v) is 6.62. The summed E-state index contributed by atoms with van der Waals surface area (Å²) >= 11 is 1.25. The van der Waals surface area contributed by atoms with Crippen LogP contribution in [0.3, 0.4) is 0 Å². The van der Waals surface area contributed by atoms with Crippen LogP contribution in [0.5, 0.6) is 11.5 Å². The van der Waals surface area contributed by atoms with Crippen LogP contribution in [-0.2, 0) is 22.7 Å². The molecule has 1 atom stereocenters. The molecule has 0 bridgehead atoms. The summed E-state index contributed by atoms with van der Waals surface area (Å²) in [4.78, 5) is 45.0. The van der Waals surface area contributed by atoms with Gasteiger partial charge in [-0.1, -0.05) is 29.5 Å². The lowest BCUT2D eigenvalue weighted by Crippen LogP contribution is -2.39. The number of allylic oxidation sites excluding steroid dienone is 2. The Balaban J connectivity index is 1.44. The third-order valence-corrected chi connectivity index (χ3v) is 8.58. The highest BCUT2D eigenvalue weighted by molar-refractivity contribution is 7.07. The predicted octanol–water partition coefficient (Wildman–Crippen LogP) is 3.71. The molecule has 224 valence electrons. The average molecular weight is 611 g/mol. The van der Waals surface area contributed by atoms with Gasteiger partial charge in [0.1, 0.15) is 23.8 Å². The number of rotatable bonds is 9. The van der Waals surface area contributed by atoms with Crippen LogP contribution in [0.25, 0.3) is 17.0 Å². The molecule has 0 fully saturated rings. The number of para-hydroxylation sites is 1. The van der Waals surface area contributed by atoms with Gasteiger partial charge in [0.25, 0.3) is 5.56 Å². The van der Waals surface area contributed by atoms with Crippen LogP contribution in [0.1, 0.15) is 36.8 Å². The second-order valence-electron chi connectivity index (χ2n) is 10.3. The number of aromatic nitrogens is 2. The Kier molecular flexibility index (Phi) is 7.79.